The van der Waals surface area contributed by atoms with Crippen molar-refractivity contribution in [1.29, 1.82) is 0 Å². The number of rotatable bonds is 8. The first-order chi connectivity index (χ1) is 7.83. The lowest BCUT2D eigenvalue weighted by Gasteiger charge is -2.12. The molecule has 0 amide bonds. The molecule has 1 atom stereocenters. The van der Waals surface area contributed by atoms with Crippen LogP contribution in [0.1, 0.15) is 26.7 Å². The van der Waals surface area contributed by atoms with E-state index in [1.807, 2.05) is 26.0 Å². The highest BCUT2D eigenvalue weighted by Crippen LogP contribution is 2.42. The fourth-order valence-corrected chi connectivity index (χ4v) is 2.00. The molecule has 0 radical (unpaired) electrons. The number of allylic oxidation sites excluding steroid dienone is 2. The van der Waals surface area contributed by atoms with Gasteiger partial charge in [-0.15, -0.1) is 13.0 Å². The smallest absolute Gasteiger partial charge is 0.324 e. The van der Waals surface area contributed by atoms with Crippen LogP contribution in [-0.4, -0.2) is 17.7 Å². The van der Waals surface area contributed by atoms with Gasteiger partial charge in [-0.05, 0) is 26.7 Å². The van der Waals surface area contributed by atoms with E-state index < -0.39 is 7.60 Å². The Morgan fingerprint density at radius 3 is 2.71 bits per heavy atom. The Morgan fingerprint density at radius 2 is 2.18 bits per heavy atom. The summed E-state index contributed by atoms with van der Waals surface area (Å²) in [6.07, 6.45) is 11.8. The fourth-order valence-electron chi connectivity index (χ4n) is 1.01. The SMILES string of the molecule is C#CC(C)(C)C=CCCP(=O)(O)OCCC=C. The van der Waals surface area contributed by atoms with Crippen molar-refractivity contribution in [1.82, 2.24) is 0 Å². The van der Waals surface area contributed by atoms with E-state index >= 15 is 0 Å². The minimum atomic E-state index is -3.46. The molecule has 0 aromatic heterocycles. The Hall–Kier alpha value is -0.810. The average Bonchev–Trinajstić information content (AvgIpc) is 2.25. The molecule has 0 fully saturated rings. The quantitative estimate of drug-likeness (QED) is 0.313. The van der Waals surface area contributed by atoms with Crippen LogP contribution in [0, 0.1) is 17.8 Å². The number of hydrogen-bond donors (Lipinski definition) is 1. The molecule has 0 heterocycles. The monoisotopic (exact) mass is 256 g/mol. The molecule has 4 heteroatoms. The van der Waals surface area contributed by atoms with Gasteiger partial charge in [-0.3, -0.25) is 4.57 Å². The third-order valence-electron chi connectivity index (χ3n) is 2.10. The van der Waals surface area contributed by atoms with E-state index in [9.17, 15) is 9.46 Å². The van der Waals surface area contributed by atoms with Gasteiger partial charge in [0.15, 0.2) is 0 Å². The summed E-state index contributed by atoms with van der Waals surface area (Å²) in [6.45, 7) is 7.55. The fraction of sp³-hybridized carbons (Fsp3) is 0.538. The minimum Gasteiger partial charge on any atom is -0.324 e. The molecule has 96 valence electrons. The molecule has 0 bridgehead atoms. The first-order valence-corrected chi connectivity index (χ1v) is 7.32. The molecule has 0 aromatic rings. The van der Waals surface area contributed by atoms with E-state index in [4.69, 9.17) is 10.9 Å². The van der Waals surface area contributed by atoms with Gasteiger partial charge in [-0.2, -0.15) is 0 Å². The van der Waals surface area contributed by atoms with E-state index in [2.05, 4.69) is 12.5 Å². The molecule has 0 aliphatic carbocycles. The Labute approximate surface area is 104 Å². The Bertz CT molecular complexity index is 350. The van der Waals surface area contributed by atoms with Gasteiger partial charge >= 0.3 is 7.60 Å². The molecule has 1 unspecified atom stereocenters. The second-order valence-corrected chi connectivity index (χ2v) is 6.31. The Balaban J connectivity index is 3.99. The third kappa shape index (κ3) is 8.94. The Morgan fingerprint density at radius 1 is 1.53 bits per heavy atom. The van der Waals surface area contributed by atoms with Crippen LogP contribution in [0.25, 0.3) is 0 Å². The maximum atomic E-state index is 11.5. The molecule has 3 nitrogen and oxygen atoms in total. The van der Waals surface area contributed by atoms with Crippen molar-refractivity contribution in [3.63, 3.8) is 0 Å². The summed E-state index contributed by atoms with van der Waals surface area (Å²) in [6, 6.07) is 0. The Kier molecular flexibility index (Phi) is 7.15. The van der Waals surface area contributed by atoms with Crippen LogP contribution in [0.4, 0.5) is 0 Å². The second kappa shape index (κ2) is 7.50. The molecule has 1 N–H and O–H groups in total. The summed E-state index contributed by atoms with van der Waals surface area (Å²) in [5.41, 5.74) is -0.316. The van der Waals surface area contributed by atoms with Gasteiger partial charge in [0, 0.05) is 5.41 Å². The van der Waals surface area contributed by atoms with Crippen LogP contribution in [0.3, 0.4) is 0 Å². The second-order valence-electron chi connectivity index (χ2n) is 4.33. The molecule has 0 rings (SSSR count). The van der Waals surface area contributed by atoms with Gasteiger partial charge in [-0.1, -0.05) is 24.1 Å². The van der Waals surface area contributed by atoms with Crippen molar-refractivity contribution >= 4 is 7.60 Å². The predicted octanol–water partition coefficient (Wildman–Crippen LogP) is 3.37. The van der Waals surface area contributed by atoms with E-state index in [1.165, 1.54) is 0 Å². The highest BCUT2D eigenvalue weighted by atomic mass is 31.2. The van der Waals surface area contributed by atoms with Crippen LogP contribution < -0.4 is 0 Å². The van der Waals surface area contributed by atoms with E-state index in [-0.39, 0.29) is 18.2 Å². The van der Waals surface area contributed by atoms with Crippen LogP contribution in [0.5, 0.6) is 0 Å². The lowest BCUT2D eigenvalue weighted by molar-refractivity contribution is 0.264. The maximum absolute atomic E-state index is 11.5. The first kappa shape index (κ1) is 16.2. The van der Waals surface area contributed by atoms with Crippen molar-refractivity contribution in [2.45, 2.75) is 26.7 Å². The van der Waals surface area contributed by atoms with Gasteiger partial charge in [0.2, 0.25) is 0 Å². The summed E-state index contributed by atoms with van der Waals surface area (Å²) >= 11 is 0. The zero-order valence-electron chi connectivity index (χ0n) is 10.6. The summed E-state index contributed by atoms with van der Waals surface area (Å²) in [4.78, 5) is 9.45. The minimum absolute atomic E-state index is 0.112. The largest absolute Gasteiger partial charge is 0.328 e. The van der Waals surface area contributed by atoms with Gasteiger partial charge in [0.25, 0.3) is 0 Å². The van der Waals surface area contributed by atoms with Crippen LogP contribution in [-0.2, 0) is 9.09 Å². The number of terminal acetylenes is 1. The zero-order valence-corrected chi connectivity index (χ0v) is 11.5. The lowest BCUT2D eigenvalue weighted by atomic mass is 9.94. The van der Waals surface area contributed by atoms with Crippen LogP contribution >= 0.6 is 7.60 Å². The molecule has 0 saturated heterocycles. The topological polar surface area (TPSA) is 46.5 Å². The van der Waals surface area contributed by atoms with Crippen molar-refractivity contribution in [2.75, 3.05) is 12.8 Å². The van der Waals surface area contributed by atoms with Gasteiger partial charge in [0.05, 0.1) is 12.8 Å². The highest BCUT2D eigenvalue weighted by molar-refractivity contribution is 7.52. The number of hydrogen-bond acceptors (Lipinski definition) is 2. The van der Waals surface area contributed by atoms with Gasteiger partial charge in [-0.25, -0.2) is 0 Å². The molecule has 0 saturated carbocycles. The molecular formula is C13H21O3P. The zero-order chi connectivity index (χ0) is 13.4. The third-order valence-corrected chi connectivity index (χ3v) is 3.51. The van der Waals surface area contributed by atoms with Crippen molar-refractivity contribution < 1.29 is 14.0 Å². The molecule has 17 heavy (non-hydrogen) atoms. The summed E-state index contributed by atoms with van der Waals surface area (Å²) < 4.78 is 16.4. The highest BCUT2D eigenvalue weighted by Gasteiger charge is 2.17. The molecular weight excluding hydrogens is 235 g/mol. The van der Waals surface area contributed by atoms with Crippen molar-refractivity contribution in [3.05, 3.63) is 24.8 Å². The standard InChI is InChI=1S/C13H21O3P/c1-5-7-11-16-17(14,15)12-9-8-10-13(3,4)6-2/h2,5,8,10H,1,7,9,11-12H2,3-4H3,(H,14,15). The first-order valence-electron chi connectivity index (χ1n) is 5.56. The molecule has 0 aliphatic rings. The van der Waals surface area contributed by atoms with Crippen molar-refractivity contribution in [2.24, 2.45) is 5.41 Å². The van der Waals surface area contributed by atoms with E-state index in [0.29, 0.717) is 12.8 Å². The normalized spacial score (nSPS) is 15.4. The van der Waals surface area contributed by atoms with Crippen LogP contribution in [0.2, 0.25) is 0 Å². The predicted molar refractivity (Wildman–Crippen MR) is 71.8 cm³/mol. The average molecular weight is 256 g/mol. The molecule has 0 spiro atoms. The van der Waals surface area contributed by atoms with E-state index in [0.717, 1.165) is 0 Å². The summed E-state index contributed by atoms with van der Waals surface area (Å²) in [7, 11) is -3.46. The summed E-state index contributed by atoms with van der Waals surface area (Å²) in [5, 5.41) is 0. The lowest BCUT2D eigenvalue weighted by Crippen LogP contribution is -2.02. The maximum Gasteiger partial charge on any atom is 0.328 e. The summed E-state index contributed by atoms with van der Waals surface area (Å²) in [5.74, 6) is 2.62. The van der Waals surface area contributed by atoms with Gasteiger partial charge in [0.1, 0.15) is 0 Å². The molecule has 0 aromatic carbocycles. The van der Waals surface area contributed by atoms with Gasteiger partial charge < -0.3 is 9.42 Å². The molecule has 0 aliphatic heterocycles. The van der Waals surface area contributed by atoms with Crippen LogP contribution in [0.15, 0.2) is 24.8 Å². The van der Waals surface area contributed by atoms with E-state index in [1.54, 1.807) is 6.08 Å². The van der Waals surface area contributed by atoms with Crippen molar-refractivity contribution in [3.8, 4) is 12.3 Å².